The van der Waals surface area contributed by atoms with Gasteiger partial charge in [0.15, 0.2) is 10.8 Å². The molecule has 1 aromatic heterocycles. The number of hydrogen-bond donors (Lipinski definition) is 0. The summed E-state index contributed by atoms with van der Waals surface area (Å²) in [5.74, 6) is -2.65. The first-order valence-electron chi connectivity index (χ1n) is 5.28. The molecule has 106 valence electrons. The minimum atomic E-state index is -4.65. The SMILES string of the molecule is O=C(Cc1c(F)cccc1F)c1cnc(C(F)(F)F)s1. The van der Waals surface area contributed by atoms with Crippen LogP contribution in [0.15, 0.2) is 24.4 Å². The van der Waals surface area contributed by atoms with E-state index in [1.165, 1.54) is 0 Å². The summed E-state index contributed by atoms with van der Waals surface area (Å²) in [6, 6.07) is 3.08. The Morgan fingerprint density at radius 1 is 1.20 bits per heavy atom. The van der Waals surface area contributed by atoms with Gasteiger partial charge < -0.3 is 0 Å². The van der Waals surface area contributed by atoms with Crippen molar-refractivity contribution < 1.29 is 26.7 Å². The van der Waals surface area contributed by atoms with Crippen molar-refractivity contribution in [3.63, 3.8) is 0 Å². The predicted molar refractivity (Wildman–Crippen MR) is 61.5 cm³/mol. The zero-order valence-corrected chi connectivity index (χ0v) is 10.5. The minimum absolute atomic E-state index is 0.148. The molecule has 0 spiro atoms. The smallest absolute Gasteiger partial charge is 0.293 e. The van der Waals surface area contributed by atoms with E-state index in [1.807, 2.05) is 0 Å². The summed E-state index contributed by atoms with van der Waals surface area (Å²) in [4.78, 5) is 14.5. The zero-order chi connectivity index (χ0) is 14.9. The molecule has 1 heterocycles. The van der Waals surface area contributed by atoms with Gasteiger partial charge in [0, 0.05) is 18.2 Å². The lowest BCUT2D eigenvalue weighted by Crippen LogP contribution is -2.06. The van der Waals surface area contributed by atoms with Crippen LogP contribution in [0, 0.1) is 11.6 Å². The second kappa shape index (κ2) is 5.28. The Labute approximate surface area is 113 Å². The second-order valence-corrected chi connectivity index (χ2v) is 4.86. The molecule has 0 N–H and O–H groups in total. The van der Waals surface area contributed by atoms with Crippen LogP contribution >= 0.6 is 11.3 Å². The van der Waals surface area contributed by atoms with E-state index in [0.717, 1.165) is 24.4 Å². The minimum Gasteiger partial charge on any atom is -0.293 e. The van der Waals surface area contributed by atoms with Gasteiger partial charge in [0.1, 0.15) is 11.6 Å². The summed E-state index contributed by atoms with van der Waals surface area (Å²) in [5, 5.41) is -1.17. The summed E-state index contributed by atoms with van der Waals surface area (Å²) in [5.41, 5.74) is -0.473. The highest BCUT2D eigenvalue weighted by Crippen LogP contribution is 2.32. The molecular formula is C12H6F5NOS. The molecule has 1 aromatic carbocycles. The quantitative estimate of drug-likeness (QED) is 0.636. The lowest BCUT2D eigenvalue weighted by molar-refractivity contribution is -0.137. The van der Waals surface area contributed by atoms with Crippen molar-refractivity contribution >= 4 is 17.1 Å². The van der Waals surface area contributed by atoms with Gasteiger partial charge in [0.2, 0.25) is 0 Å². The fourth-order valence-electron chi connectivity index (χ4n) is 1.48. The topological polar surface area (TPSA) is 30.0 Å². The fraction of sp³-hybridized carbons (Fsp3) is 0.167. The van der Waals surface area contributed by atoms with Crippen LogP contribution in [0.2, 0.25) is 0 Å². The maximum atomic E-state index is 13.3. The van der Waals surface area contributed by atoms with Gasteiger partial charge in [-0.1, -0.05) is 6.07 Å². The molecular weight excluding hydrogens is 301 g/mol. The third kappa shape index (κ3) is 3.01. The zero-order valence-electron chi connectivity index (χ0n) is 9.67. The number of hydrogen-bond acceptors (Lipinski definition) is 3. The number of halogens is 5. The first kappa shape index (κ1) is 14.6. The molecule has 0 amide bonds. The van der Waals surface area contributed by atoms with Crippen LogP contribution in [-0.4, -0.2) is 10.8 Å². The van der Waals surface area contributed by atoms with Crippen LogP contribution in [0.4, 0.5) is 22.0 Å². The van der Waals surface area contributed by atoms with Crippen LogP contribution in [0.25, 0.3) is 0 Å². The third-order valence-electron chi connectivity index (χ3n) is 2.42. The molecule has 0 fully saturated rings. The van der Waals surface area contributed by atoms with Gasteiger partial charge >= 0.3 is 6.18 Å². The number of thiazole rings is 1. The van der Waals surface area contributed by atoms with Crippen LogP contribution in [0.5, 0.6) is 0 Å². The molecule has 0 aliphatic rings. The van der Waals surface area contributed by atoms with Crippen LogP contribution in [-0.2, 0) is 12.6 Å². The molecule has 0 bridgehead atoms. The summed E-state index contributed by atoms with van der Waals surface area (Å²) < 4.78 is 63.7. The van der Waals surface area contributed by atoms with Crippen molar-refractivity contribution in [1.82, 2.24) is 4.98 Å². The van der Waals surface area contributed by atoms with Gasteiger partial charge in [-0.2, -0.15) is 13.2 Å². The lowest BCUT2D eigenvalue weighted by Gasteiger charge is -2.02. The van der Waals surface area contributed by atoms with Crippen LogP contribution in [0.3, 0.4) is 0 Å². The lowest BCUT2D eigenvalue weighted by atomic mass is 10.1. The maximum absolute atomic E-state index is 13.3. The molecule has 0 atom stereocenters. The van der Waals surface area contributed by atoms with Gasteiger partial charge in [0.05, 0.1) is 4.88 Å². The van der Waals surface area contributed by atoms with Gasteiger partial charge in [-0.3, -0.25) is 4.79 Å². The number of carbonyl (C=O) groups excluding carboxylic acids is 1. The highest BCUT2D eigenvalue weighted by molar-refractivity contribution is 7.13. The van der Waals surface area contributed by atoms with E-state index in [1.54, 1.807) is 0 Å². The summed E-state index contributed by atoms with van der Waals surface area (Å²) >= 11 is 0.148. The van der Waals surface area contributed by atoms with Crippen molar-refractivity contribution in [3.8, 4) is 0 Å². The van der Waals surface area contributed by atoms with E-state index >= 15 is 0 Å². The van der Waals surface area contributed by atoms with Crippen molar-refractivity contribution in [1.29, 1.82) is 0 Å². The number of Topliss-reactive ketones (excluding diaryl/α,β-unsaturated/α-hetero) is 1. The molecule has 0 radical (unpaired) electrons. The number of carbonyl (C=O) groups is 1. The van der Waals surface area contributed by atoms with Crippen molar-refractivity contribution in [2.75, 3.05) is 0 Å². The maximum Gasteiger partial charge on any atom is 0.443 e. The van der Waals surface area contributed by atoms with Gasteiger partial charge in [0.25, 0.3) is 0 Å². The molecule has 20 heavy (non-hydrogen) atoms. The van der Waals surface area contributed by atoms with E-state index in [4.69, 9.17) is 0 Å². The number of aromatic nitrogens is 1. The highest BCUT2D eigenvalue weighted by Gasteiger charge is 2.35. The number of benzene rings is 1. The monoisotopic (exact) mass is 307 g/mol. The molecule has 2 nitrogen and oxygen atoms in total. The largest absolute Gasteiger partial charge is 0.443 e. The number of alkyl halides is 3. The van der Waals surface area contributed by atoms with Crippen LogP contribution < -0.4 is 0 Å². The highest BCUT2D eigenvalue weighted by atomic mass is 32.1. The van der Waals surface area contributed by atoms with E-state index in [2.05, 4.69) is 4.98 Å². The Hall–Kier alpha value is -1.83. The average Bonchev–Trinajstić information content (AvgIpc) is 2.83. The van der Waals surface area contributed by atoms with Gasteiger partial charge in [-0.15, -0.1) is 11.3 Å². The first-order chi connectivity index (χ1) is 9.29. The Morgan fingerprint density at radius 3 is 2.30 bits per heavy atom. The molecule has 2 aromatic rings. The van der Waals surface area contributed by atoms with Gasteiger partial charge in [-0.05, 0) is 12.1 Å². The molecule has 8 heteroatoms. The van der Waals surface area contributed by atoms with E-state index in [9.17, 15) is 26.7 Å². The first-order valence-corrected chi connectivity index (χ1v) is 6.10. The van der Waals surface area contributed by atoms with Crippen molar-refractivity contribution in [2.24, 2.45) is 0 Å². The molecule has 0 saturated carbocycles. The average molecular weight is 307 g/mol. The number of nitrogens with zero attached hydrogens (tertiary/aromatic N) is 1. The standard InChI is InChI=1S/C12H6F5NOS/c13-7-2-1-3-8(14)6(7)4-9(19)10-5-18-11(20-10)12(15,16)17/h1-3,5H,4H2. The fourth-order valence-corrected chi connectivity index (χ4v) is 2.20. The number of rotatable bonds is 3. The predicted octanol–water partition coefficient (Wildman–Crippen LogP) is 3.87. The molecule has 0 aliphatic heterocycles. The van der Waals surface area contributed by atoms with E-state index in [-0.39, 0.29) is 16.2 Å². The molecule has 0 unspecified atom stereocenters. The Kier molecular flexibility index (Phi) is 3.85. The third-order valence-corrected chi connectivity index (χ3v) is 3.51. The number of ketones is 1. The van der Waals surface area contributed by atoms with Crippen molar-refractivity contribution in [3.05, 3.63) is 51.5 Å². The molecule has 0 aliphatic carbocycles. The Morgan fingerprint density at radius 2 is 1.80 bits per heavy atom. The molecule has 0 saturated heterocycles. The van der Waals surface area contributed by atoms with Gasteiger partial charge in [-0.25, -0.2) is 13.8 Å². The summed E-state index contributed by atoms with van der Waals surface area (Å²) in [6.45, 7) is 0. The summed E-state index contributed by atoms with van der Waals surface area (Å²) in [6.07, 6.45) is -4.54. The van der Waals surface area contributed by atoms with E-state index < -0.39 is 40.6 Å². The van der Waals surface area contributed by atoms with Crippen LogP contribution in [0.1, 0.15) is 20.2 Å². The molecule has 2 rings (SSSR count). The Bertz CT molecular complexity index is 629. The summed E-state index contributed by atoms with van der Waals surface area (Å²) in [7, 11) is 0. The normalized spacial score (nSPS) is 11.7. The second-order valence-electron chi connectivity index (χ2n) is 3.83. The van der Waals surface area contributed by atoms with Crippen molar-refractivity contribution in [2.45, 2.75) is 12.6 Å². The Balaban J connectivity index is 2.23. The van der Waals surface area contributed by atoms with E-state index in [0.29, 0.717) is 0 Å².